The SMILES string of the molecule is CCC(N)C(Oc1ccc(Br)cc1Cl)c1ccc(Cl)s1. The van der Waals surface area contributed by atoms with Crippen molar-refractivity contribution in [3.05, 3.63) is 49.0 Å². The van der Waals surface area contributed by atoms with E-state index in [2.05, 4.69) is 15.9 Å². The average molecular weight is 395 g/mol. The molecule has 2 nitrogen and oxygen atoms in total. The lowest BCUT2D eigenvalue weighted by Crippen LogP contribution is -2.30. The first-order valence-corrected chi connectivity index (χ1v) is 8.50. The molecule has 0 aliphatic carbocycles. The van der Waals surface area contributed by atoms with E-state index < -0.39 is 0 Å². The first-order chi connectivity index (χ1) is 9.51. The molecule has 0 radical (unpaired) electrons. The van der Waals surface area contributed by atoms with Crippen LogP contribution in [0.3, 0.4) is 0 Å². The van der Waals surface area contributed by atoms with Gasteiger partial charge in [-0.25, -0.2) is 0 Å². The van der Waals surface area contributed by atoms with Crippen molar-refractivity contribution < 1.29 is 4.74 Å². The van der Waals surface area contributed by atoms with Crippen molar-refractivity contribution in [1.29, 1.82) is 0 Å². The standard InChI is InChI=1S/C14H14BrCl2NOS/c1-2-10(18)14(12-5-6-13(17)20-12)19-11-4-3-8(15)7-9(11)16/h3-7,10,14H,2,18H2,1H3. The molecule has 2 atom stereocenters. The molecular weight excluding hydrogens is 381 g/mol. The number of ether oxygens (including phenoxy) is 1. The summed E-state index contributed by atoms with van der Waals surface area (Å²) in [6.07, 6.45) is 0.546. The van der Waals surface area contributed by atoms with E-state index in [0.29, 0.717) is 10.8 Å². The molecule has 108 valence electrons. The van der Waals surface area contributed by atoms with Gasteiger partial charge in [-0.15, -0.1) is 11.3 Å². The maximum absolute atomic E-state index is 6.20. The number of halogens is 3. The fourth-order valence-electron chi connectivity index (χ4n) is 1.76. The number of thiophene rings is 1. The average Bonchev–Trinajstić information content (AvgIpc) is 2.83. The third kappa shape index (κ3) is 3.89. The molecule has 0 bridgehead atoms. The number of rotatable bonds is 5. The molecule has 1 heterocycles. The van der Waals surface area contributed by atoms with E-state index in [1.165, 1.54) is 11.3 Å². The van der Waals surface area contributed by atoms with E-state index in [9.17, 15) is 0 Å². The van der Waals surface area contributed by atoms with Crippen LogP contribution in [0.25, 0.3) is 0 Å². The molecule has 6 heteroatoms. The molecule has 0 amide bonds. The Morgan fingerprint density at radius 3 is 2.60 bits per heavy atom. The third-order valence-corrected chi connectivity index (χ3v) is 4.96. The van der Waals surface area contributed by atoms with Gasteiger partial charge in [-0.1, -0.05) is 46.1 Å². The molecule has 2 rings (SSSR count). The molecular formula is C14H14BrCl2NOS. The van der Waals surface area contributed by atoms with Crippen molar-refractivity contribution in [3.63, 3.8) is 0 Å². The van der Waals surface area contributed by atoms with Crippen LogP contribution in [0.5, 0.6) is 5.75 Å². The van der Waals surface area contributed by atoms with Gasteiger partial charge in [-0.3, -0.25) is 0 Å². The van der Waals surface area contributed by atoms with E-state index in [0.717, 1.165) is 20.1 Å². The quantitative estimate of drug-likeness (QED) is 0.708. The smallest absolute Gasteiger partial charge is 0.148 e. The van der Waals surface area contributed by atoms with Gasteiger partial charge in [0.25, 0.3) is 0 Å². The molecule has 1 aromatic carbocycles. The van der Waals surface area contributed by atoms with Crippen LogP contribution in [0.15, 0.2) is 34.8 Å². The van der Waals surface area contributed by atoms with E-state index in [-0.39, 0.29) is 12.1 Å². The maximum Gasteiger partial charge on any atom is 0.148 e. The van der Waals surface area contributed by atoms with Gasteiger partial charge >= 0.3 is 0 Å². The summed E-state index contributed by atoms with van der Waals surface area (Å²) in [6.45, 7) is 2.03. The normalized spacial score (nSPS) is 14.1. The van der Waals surface area contributed by atoms with Gasteiger partial charge in [-0.2, -0.15) is 0 Å². The summed E-state index contributed by atoms with van der Waals surface area (Å²) in [4.78, 5) is 1.00. The van der Waals surface area contributed by atoms with Crippen molar-refractivity contribution in [2.24, 2.45) is 5.73 Å². The molecule has 0 aliphatic heterocycles. The first-order valence-electron chi connectivity index (χ1n) is 6.13. The van der Waals surface area contributed by atoms with Gasteiger partial charge in [0.2, 0.25) is 0 Å². The Balaban J connectivity index is 2.28. The Hall–Kier alpha value is -0.260. The van der Waals surface area contributed by atoms with Crippen molar-refractivity contribution in [2.45, 2.75) is 25.5 Å². The topological polar surface area (TPSA) is 35.2 Å². The predicted molar refractivity (Wildman–Crippen MR) is 90.1 cm³/mol. The van der Waals surface area contributed by atoms with E-state index in [1.807, 2.05) is 31.2 Å². The fourth-order valence-corrected chi connectivity index (χ4v) is 3.64. The highest BCUT2D eigenvalue weighted by molar-refractivity contribution is 9.10. The zero-order valence-electron chi connectivity index (χ0n) is 10.8. The molecule has 2 unspecified atom stereocenters. The highest BCUT2D eigenvalue weighted by atomic mass is 79.9. The van der Waals surface area contributed by atoms with Gasteiger partial charge in [0.1, 0.15) is 11.9 Å². The molecule has 2 N–H and O–H groups in total. The Bertz CT molecular complexity index is 590. The number of hydrogen-bond acceptors (Lipinski definition) is 3. The van der Waals surface area contributed by atoms with Crippen LogP contribution in [0.1, 0.15) is 24.3 Å². The summed E-state index contributed by atoms with van der Waals surface area (Å²) in [7, 11) is 0. The second kappa shape index (κ2) is 7.14. The summed E-state index contributed by atoms with van der Waals surface area (Å²) < 4.78 is 7.66. The molecule has 0 saturated carbocycles. The molecule has 0 aliphatic rings. The summed E-state index contributed by atoms with van der Waals surface area (Å²) in [6, 6.07) is 9.19. The van der Waals surface area contributed by atoms with Crippen LogP contribution >= 0.6 is 50.5 Å². The number of nitrogens with two attached hydrogens (primary N) is 1. The van der Waals surface area contributed by atoms with Gasteiger partial charge in [0.15, 0.2) is 0 Å². The Morgan fingerprint density at radius 1 is 1.30 bits per heavy atom. The molecule has 0 spiro atoms. The molecule has 0 saturated heterocycles. The molecule has 20 heavy (non-hydrogen) atoms. The summed E-state index contributed by atoms with van der Waals surface area (Å²) in [5.74, 6) is 0.619. The van der Waals surface area contributed by atoms with Crippen LogP contribution in [0.4, 0.5) is 0 Å². The minimum atomic E-state index is -0.254. The van der Waals surface area contributed by atoms with Crippen LogP contribution in [0.2, 0.25) is 9.36 Å². The summed E-state index contributed by atoms with van der Waals surface area (Å²) in [5.41, 5.74) is 6.17. The minimum Gasteiger partial charge on any atom is -0.482 e. The first kappa shape index (κ1) is 16.1. The lowest BCUT2D eigenvalue weighted by atomic mass is 10.1. The maximum atomic E-state index is 6.20. The van der Waals surface area contributed by atoms with Gasteiger partial charge < -0.3 is 10.5 Å². The van der Waals surface area contributed by atoms with Crippen LogP contribution in [-0.2, 0) is 0 Å². The van der Waals surface area contributed by atoms with Crippen LogP contribution < -0.4 is 10.5 Å². The van der Waals surface area contributed by atoms with E-state index >= 15 is 0 Å². The highest BCUT2D eigenvalue weighted by Crippen LogP contribution is 2.36. The van der Waals surface area contributed by atoms with Gasteiger partial charge in [-0.05, 0) is 36.8 Å². The Morgan fingerprint density at radius 2 is 2.05 bits per heavy atom. The highest BCUT2D eigenvalue weighted by Gasteiger charge is 2.23. The fraction of sp³-hybridized carbons (Fsp3) is 0.286. The molecule has 0 fully saturated rings. The number of hydrogen-bond donors (Lipinski definition) is 1. The van der Waals surface area contributed by atoms with Crippen molar-refractivity contribution in [1.82, 2.24) is 0 Å². The summed E-state index contributed by atoms with van der Waals surface area (Å²) >= 11 is 17.0. The Kier molecular flexibility index (Phi) is 5.75. The van der Waals surface area contributed by atoms with Crippen LogP contribution in [0, 0.1) is 0 Å². The van der Waals surface area contributed by atoms with E-state index in [4.69, 9.17) is 33.7 Å². The lowest BCUT2D eigenvalue weighted by Gasteiger charge is -2.24. The monoisotopic (exact) mass is 393 g/mol. The van der Waals surface area contributed by atoms with Crippen molar-refractivity contribution in [2.75, 3.05) is 0 Å². The largest absolute Gasteiger partial charge is 0.482 e. The van der Waals surface area contributed by atoms with Crippen LogP contribution in [-0.4, -0.2) is 6.04 Å². The van der Waals surface area contributed by atoms with Crippen molar-refractivity contribution >= 4 is 50.5 Å². The second-order valence-electron chi connectivity index (χ2n) is 4.33. The summed E-state index contributed by atoms with van der Waals surface area (Å²) in [5, 5.41) is 0.551. The zero-order valence-corrected chi connectivity index (χ0v) is 14.7. The predicted octanol–water partition coefficient (Wildman–Crippen LogP) is 5.67. The Labute approximate surface area is 141 Å². The third-order valence-electron chi connectivity index (χ3n) is 2.88. The molecule has 1 aromatic heterocycles. The number of benzene rings is 1. The minimum absolute atomic E-state index is 0.121. The van der Waals surface area contributed by atoms with Crippen molar-refractivity contribution in [3.8, 4) is 5.75 Å². The molecule has 2 aromatic rings. The van der Waals surface area contributed by atoms with E-state index in [1.54, 1.807) is 6.07 Å². The lowest BCUT2D eigenvalue weighted by molar-refractivity contribution is 0.175. The second-order valence-corrected chi connectivity index (χ2v) is 7.40. The zero-order chi connectivity index (χ0) is 14.7. The van der Waals surface area contributed by atoms with Gasteiger partial charge in [0, 0.05) is 15.4 Å². The van der Waals surface area contributed by atoms with Gasteiger partial charge in [0.05, 0.1) is 9.36 Å².